The lowest BCUT2D eigenvalue weighted by molar-refractivity contribution is 0.134. The Kier molecular flexibility index (Phi) is 5.14. The molecule has 0 atom stereocenters. The van der Waals surface area contributed by atoms with E-state index in [1.54, 1.807) is 13.0 Å². The van der Waals surface area contributed by atoms with Gasteiger partial charge in [0.05, 0.1) is 12.3 Å². The van der Waals surface area contributed by atoms with Crippen LogP contribution in [0.15, 0.2) is 29.2 Å². The van der Waals surface area contributed by atoms with Crippen LogP contribution in [-0.2, 0) is 0 Å². The number of hydrogen-bond acceptors (Lipinski definition) is 5. The van der Waals surface area contributed by atoms with Crippen LogP contribution in [0.2, 0.25) is 0 Å². The van der Waals surface area contributed by atoms with Gasteiger partial charge in [-0.3, -0.25) is 4.90 Å². The molecule has 90 valence electrons. The molecule has 0 unspecified atom stereocenters. The third-order valence-electron chi connectivity index (χ3n) is 2.71. The fraction of sp³-hybridized carbons (Fsp3) is 0.636. The summed E-state index contributed by atoms with van der Waals surface area (Å²) >= 11 is 0. The first-order chi connectivity index (χ1) is 7.67. The molecule has 1 aliphatic rings. The predicted octanol–water partition coefficient (Wildman–Crippen LogP) is 0.780. The molecule has 0 saturated carbocycles. The van der Waals surface area contributed by atoms with Crippen molar-refractivity contribution in [3.63, 3.8) is 0 Å². The largest absolute Gasteiger partial charge is 0.395 e. The van der Waals surface area contributed by atoms with Crippen molar-refractivity contribution in [3.05, 3.63) is 29.0 Å². The van der Waals surface area contributed by atoms with Gasteiger partial charge in [0, 0.05) is 38.4 Å². The monoisotopic (exact) mass is 225 g/mol. The van der Waals surface area contributed by atoms with Crippen molar-refractivity contribution in [1.29, 1.82) is 0 Å². The van der Waals surface area contributed by atoms with Crippen molar-refractivity contribution in [2.24, 2.45) is 5.18 Å². The van der Waals surface area contributed by atoms with E-state index in [9.17, 15) is 4.91 Å². The molecule has 16 heavy (non-hydrogen) atoms. The highest BCUT2D eigenvalue weighted by Gasteiger charge is 2.16. The van der Waals surface area contributed by atoms with Crippen LogP contribution in [-0.4, -0.2) is 54.2 Å². The summed E-state index contributed by atoms with van der Waals surface area (Å²) in [5.74, 6) is 0. The van der Waals surface area contributed by atoms with Crippen molar-refractivity contribution in [3.8, 4) is 0 Å². The van der Waals surface area contributed by atoms with Gasteiger partial charge in [0.1, 0.15) is 0 Å². The topological polar surface area (TPSA) is 56.1 Å². The van der Waals surface area contributed by atoms with E-state index in [-0.39, 0.29) is 6.61 Å². The molecule has 1 rings (SSSR count). The third-order valence-corrected chi connectivity index (χ3v) is 2.71. The molecule has 1 heterocycles. The summed E-state index contributed by atoms with van der Waals surface area (Å²) in [5, 5.41) is 11.7. The summed E-state index contributed by atoms with van der Waals surface area (Å²) < 4.78 is 0. The molecule has 0 radical (unpaired) electrons. The zero-order valence-corrected chi connectivity index (χ0v) is 9.72. The maximum absolute atomic E-state index is 10.2. The summed E-state index contributed by atoms with van der Waals surface area (Å²) in [7, 11) is 0. The second kappa shape index (κ2) is 6.40. The highest BCUT2D eigenvalue weighted by molar-refractivity contribution is 5.18. The van der Waals surface area contributed by atoms with Gasteiger partial charge in [0.15, 0.2) is 0 Å². The van der Waals surface area contributed by atoms with Crippen LogP contribution in [0.4, 0.5) is 0 Å². The molecule has 0 amide bonds. The smallest absolute Gasteiger partial charge is 0.0838 e. The summed E-state index contributed by atoms with van der Waals surface area (Å²) in [6, 6.07) is 0. The highest BCUT2D eigenvalue weighted by Crippen LogP contribution is 2.11. The second-order valence-electron chi connectivity index (χ2n) is 3.92. The van der Waals surface area contributed by atoms with Crippen molar-refractivity contribution in [1.82, 2.24) is 9.80 Å². The third kappa shape index (κ3) is 3.75. The van der Waals surface area contributed by atoms with Gasteiger partial charge in [-0.1, -0.05) is 6.58 Å². The number of nitrogens with zero attached hydrogens (tertiary/aromatic N) is 3. The Labute approximate surface area is 96.0 Å². The second-order valence-corrected chi connectivity index (χ2v) is 3.92. The van der Waals surface area contributed by atoms with Gasteiger partial charge in [0.25, 0.3) is 0 Å². The van der Waals surface area contributed by atoms with Crippen molar-refractivity contribution >= 4 is 0 Å². The van der Waals surface area contributed by atoms with Crippen molar-refractivity contribution in [2.75, 3.05) is 39.3 Å². The van der Waals surface area contributed by atoms with E-state index < -0.39 is 0 Å². The lowest BCUT2D eigenvalue weighted by atomic mass is 10.2. The van der Waals surface area contributed by atoms with Crippen LogP contribution in [0.25, 0.3) is 0 Å². The SMILES string of the molecule is C=C(/C=C(\C)N=O)N1CCN(CCO)CC1. The van der Waals surface area contributed by atoms with Crippen LogP contribution < -0.4 is 0 Å². The van der Waals surface area contributed by atoms with Crippen LogP contribution in [0.3, 0.4) is 0 Å². The minimum atomic E-state index is 0.203. The molecular formula is C11H19N3O2. The molecule has 0 bridgehead atoms. The molecule has 0 aromatic carbocycles. The summed E-state index contributed by atoms with van der Waals surface area (Å²) in [6.07, 6.45) is 1.70. The van der Waals surface area contributed by atoms with Crippen LogP contribution in [0.1, 0.15) is 6.92 Å². The maximum atomic E-state index is 10.2. The first-order valence-electron chi connectivity index (χ1n) is 5.46. The van der Waals surface area contributed by atoms with E-state index in [4.69, 9.17) is 5.11 Å². The lowest BCUT2D eigenvalue weighted by Gasteiger charge is -2.36. The van der Waals surface area contributed by atoms with E-state index in [2.05, 4.69) is 21.6 Å². The fourth-order valence-corrected chi connectivity index (χ4v) is 1.76. The Bertz CT molecular complexity index is 281. The van der Waals surface area contributed by atoms with Crippen LogP contribution in [0, 0.1) is 4.91 Å². The summed E-state index contributed by atoms with van der Waals surface area (Å²) in [6.45, 7) is 10.1. The zero-order valence-electron chi connectivity index (χ0n) is 9.72. The van der Waals surface area contributed by atoms with E-state index in [1.807, 2.05) is 0 Å². The summed E-state index contributed by atoms with van der Waals surface area (Å²) in [4.78, 5) is 14.6. The molecule has 0 aromatic heterocycles. The molecule has 0 spiro atoms. The molecule has 5 heteroatoms. The minimum absolute atomic E-state index is 0.203. The number of rotatable bonds is 5. The van der Waals surface area contributed by atoms with Gasteiger partial charge < -0.3 is 10.0 Å². The predicted molar refractivity (Wildman–Crippen MR) is 63.8 cm³/mol. The standard InChI is InChI=1S/C11H19N3O2/c1-10(12-16)9-11(2)14-5-3-13(4-6-14)7-8-15/h9,15H,2-8H2,1H3/b10-9+. The number of aliphatic hydroxyl groups is 1. The molecule has 5 nitrogen and oxygen atoms in total. The number of β-amino-alcohol motifs (C(OH)–C–C–N with tert-alkyl or cyclic N) is 1. The van der Waals surface area contributed by atoms with Crippen molar-refractivity contribution in [2.45, 2.75) is 6.92 Å². The van der Waals surface area contributed by atoms with E-state index >= 15 is 0 Å². The Morgan fingerprint density at radius 3 is 2.56 bits per heavy atom. The highest BCUT2D eigenvalue weighted by atomic mass is 16.3. The molecular weight excluding hydrogens is 206 g/mol. The van der Waals surface area contributed by atoms with Gasteiger partial charge in [-0.25, -0.2) is 0 Å². The minimum Gasteiger partial charge on any atom is -0.395 e. The first-order valence-corrected chi connectivity index (χ1v) is 5.46. The van der Waals surface area contributed by atoms with Crippen molar-refractivity contribution < 1.29 is 5.11 Å². The van der Waals surface area contributed by atoms with Crippen LogP contribution >= 0.6 is 0 Å². The lowest BCUT2D eigenvalue weighted by Crippen LogP contribution is -2.46. The van der Waals surface area contributed by atoms with E-state index in [0.29, 0.717) is 5.70 Å². The average molecular weight is 225 g/mol. The Morgan fingerprint density at radius 1 is 1.44 bits per heavy atom. The molecule has 0 aromatic rings. The molecule has 1 aliphatic heterocycles. The van der Waals surface area contributed by atoms with E-state index in [1.165, 1.54) is 0 Å². The average Bonchev–Trinajstić information content (AvgIpc) is 2.30. The van der Waals surface area contributed by atoms with Gasteiger partial charge in [0.2, 0.25) is 0 Å². The molecule has 1 saturated heterocycles. The number of nitroso groups, excluding NO2 is 1. The number of hydrogen-bond donors (Lipinski definition) is 1. The van der Waals surface area contributed by atoms with Gasteiger partial charge >= 0.3 is 0 Å². The van der Waals surface area contributed by atoms with Gasteiger partial charge in [-0.05, 0) is 18.2 Å². The quantitative estimate of drug-likeness (QED) is 0.555. The molecule has 1 fully saturated rings. The number of aliphatic hydroxyl groups excluding tert-OH is 1. The first kappa shape index (κ1) is 12.9. The normalized spacial score (nSPS) is 18.6. The number of piperazine rings is 1. The van der Waals surface area contributed by atoms with Gasteiger partial charge in [-0.2, -0.15) is 0 Å². The molecule has 0 aliphatic carbocycles. The Morgan fingerprint density at radius 2 is 2.06 bits per heavy atom. The Balaban J connectivity index is 2.41. The van der Waals surface area contributed by atoms with E-state index in [0.717, 1.165) is 38.4 Å². The van der Waals surface area contributed by atoms with Crippen LogP contribution in [0.5, 0.6) is 0 Å². The molecule has 1 N–H and O–H groups in total. The number of allylic oxidation sites excluding steroid dienone is 2. The zero-order chi connectivity index (χ0) is 12.0. The Hall–Kier alpha value is -1.20. The maximum Gasteiger partial charge on any atom is 0.0838 e. The summed E-state index contributed by atoms with van der Waals surface area (Å²) in [5.41, 5.74) is 1.28. The van der Waals surface area contributed by atoms with Gasteiger partial charge in [-0.15, -0.1) is 4.91 Å². The fourth-order valence-electron chi connectivity index (χ4n) is 1.76.